The van der Waals surface area contributed by atoms with Gasteiger partial charge in [0.15, 0.2) is 0 Å². The van der Waals surface area contributed by atoms with Gasteiger partial charge in [-0.15, -0.1) is 0 Å². The van der Waals surface area contributed by atoms with E-state index < -0.39 is 10.9 Å². The van der Waals surface area contributed by atoms with Crippen LogP contribution in [0.3, 0.4) is 0 Å². The zero-order valence-electron chi connectivity index (χ0n) is 15.8. The van der Waals surface area contributed by atoms with Crippen LogP contribution in [0, 0.1) is 10.1 Å². The van der Waals surface area contributed by atoms with Crippen LogP contribution >= 0.6 is 34.5 Å². The average Bonchev–Trinajstić information content (AvgIpc) is 3.17. The SMILES string of the molecule is O=C(O)/C(Cc1ccccc1[N+](=O)[O-])=N/Nc1nc2c(s1)CCc1c-2ccc(Cl)c1Cl. The fourth-order valence-electron chi connectivity index (χ4n) is 3.37. The van der Waals surface area contributed by atoms with Crippen molar-refractivity contribution in [2.45, 2.75) is 19.3 Å². The Hall–Kier alpha value is -3.01. The number of hydrogen-bond donors (Lipinski definition) is 2. The molecule has 0 unspecified atom stereocenters. The monoisotopic (exact) mass is 476 g/mol. The summed E-state index contributed by atoms with van der Waals surface area (Å²) >= 11 is 13.8. The van der Waals surface area contributed by atoms with Crippen molar-refractivity contribution in [3.63, 3.8) is 0 Å². The van der Waals surface area contributed by atoms with Gasteiger partial charge in [-0.1, -0.05) is 58.8 Å². The standard InChI is InChI=1S/C20H14Cl2N4O4S/c21-13-7-5-12-11(17(13)22)6-8-16-18(12)23-20(31-16)25-24-14(19(27)28)9-10-3-1-2-4-15(10)26(29)30/h1-5,7H,6,8-9H2,(H,23,25)(H,27,28)/b24-14+. The first kappa shape index (κ1) is 21.2. The number of halogens is 2. The van der Waals surface area contributed by atoms with Crippen molar-refractivity contribution in [1.29, 1.82) is 0 Å². The molecule has 3 aromatic rings. The van der Waals surface area contributed by atoms with Crippen LogP contribution in [-0.2, 0) is 24.1 Å². The molecule has 158 valence electrons. The Morgan fingerprint density at radius 3 is 2.77 bits per heavy atom. The minimum absolute atomic E-state index is 0.159. The molecule has 1 aromatic heterocycles. The fraction of sp³-hybridized carbons (Fsp3) is 0.150. The van der Waals surface area contributed by atoms with Gasteiger partial charge in [0.2, 0.25) is 5.13 Å². The number of nitro groups is 1. The highest BCUT2D eigenvalue weighted by atomic mass is 35.5. The van der Waals surface area contributed by atoms with Crippen LogP contribution in [0.1, 0.15) is 16.0 Å². The minimum Gasteiger partial charge on any atom is -0.477 e. The van der Waals surface area contributed by atoms with Gasteiger partial charge >= 0.3 is 5.97 Å². The molecule has 0 aliphatic heterocycles. The van der Waals surface area contributed by atoms with Gasteiger partial charge in [0.25, 0.3) is 5.69 Å². The summed E-state index contributed by atoms with van der Waals surface area (Å²) in [5.74, 6) is -1.28. The second kappa shape index (κ2) is 8.62. The summed E-state index contributed by atoms with van der Waals surface area (Å²) in [4.78, 5) is 27.9. The van der Waals surface area contributed by atoms with Gasteiger partial charge in [-0.25, -0.2) is 9.78 Å². The minimum atomic E-state index is -1.28. The Kier molecular flexibility index (Phi) is 5.90. The van der Waals surface area contributed by atoms with Gasteiger partial charge in [0.05, 0.1) is 20.7 Å². The topological polar surface area (TPSA) is 118 Å². The Morgan fingerprint density at radius 1 is 1.26 bits per heavy atom. The molecule has 11 heteroatoms. The van der Waals surface area contributed by atoms with E-state index in [4.69, 9.17) is 23.2 Å². The number of nitro benzene ring substituents is 1. The maximum atomic E-state index is 11.6. The van der Waals surface area contributed by atoms with Crippen LogP contribution in [0.5, 0.6) is 0 Å². The van der Waals surface area contributed by atoms with Crippen molar-refractivity contribution >= 4 is 57.0 Å². The lowest BCUT2D eigenvalue weighted by molar-refractivity contribution is -0.385. The van der Waals surface area contributed by atoms with Crippen LogP contribution in [0.15, 0.2) is 41.5 Å². The molecule has 0 amide bonds. The van der Waals surface area contributed by atoms with E-state index in [1.54, 1.807) is 12.1 Å². The first-order valence-electron chi connectivity index (χ1n) is 9.10. The smallest absolute Gasteiger partial charge is 0.352 e. The van der Waals surface area contributed by atoms with Gasteiger partial charge in [-0.05, 0) is 24.5 Å². The van der Waals surface area contributed by atoms with Crippen molar-refractivity contribution in [3.8, 4) is 11.3 Å². The number of benzene rings is 2. The van der Waals surface area contributed by atoms with E-state index in [1.807, 2.05) is 6.07 Å². The third-order valence-corrected chi connectivity index (χ3v) is 6.69. The van der Waals surface area contributed by atoms with E-state index in [-0.39, 0.29) is 23.4 Å². The number of nitrogens with one attached hydrogen (secondary N) is 1. The summed E-state index contributed by atoms with van der Waals surface area (Å²) in [6, 6.07) is 9.55. The molecule has 0 atom stereocenters. The largest absolute Gasteiger partial charge is 0.477 e. The molecule has 0 bridgehead atoms. The van der Waals surface area contributed by atoms with Crippen molar-refractivity contribution in [2.24, 2.45) is 5.10 Å². The first-order valence-corrected chi connectivity index (χ1v) is 10.7. The number of rotatable bonds is 6. The predicted octanol–water partition coefficient (Wildman–Crippen LogP) is 5.22. The highest BCUT2D eigenvalue weighted by molar-refractivity contribution is 7.16. The molecular formula is C20H14Cl2N4O4S. The number of hydrogen-bond acceptors (Lipinski definition) is 7. The van der Waals surface area contributed by atoms with Gasteiger partial charge in [0.1, 0.15) is 5.71 Å². The molecule has 1 aliphatic rings. The fourth-order valence-corrected chi connectivity index (χ4v) is 4.73. The molecule has 1 heterocycles. The summed E-state index contributed by atoms with van der Waals surface area (Å²) < 4.78 is 0. The normalized spacial score (nSPS) is 12.8. The quantitative estimate of drug-likeness (QED) is 0.286. The molecule has 0 radical (unpaired) electrons. The van der Waals surface area contributed by atoms with E-state index in [2.05, 4.69) is 15.5 Å². The van der Waals surface area contributed by atoms with Crippen molar-refractivity contribution in [2.75, 3.05) is 5.43 Å². The lowest BCUT2D eigenvalue weighted by Crippen LogP contribution is -2.18. The number of thiazole rings is 1. The number of carbonyl (C=O) groups is 1. The van der Waals surface area contributed by atoms with Crippen molar-refractivity contribution in [1.82, 2.24) is 4.98 Å². The number of nitrogens with zero attached hydrogens (tertiary/aromatic N) is 3. The molecule has 0 spiro atoms. The third-order valence-electron chi connectivity index (χ3n) is 4.83. The second-order valence-corrected chi connectivity index (χ2v) is 8.59. The molecule has 31 heavy (non-hydrogen) atoms. The van der Waals surface area contributed by atoms with E-state index in [9.17, 15) is 20.0 Å². The Labute approximate surface area is 190 Å². The number of aromatic nitrogens is 1. The van der Waals surface area contributed by atoms with E-state index in [0.29, 0.717) is 15.2 Å². The van der Waals surface area contributed by atoms with Crippen molar-refractivity contribution < 1.29 is 14.8 Å². The summed E-state index contributed by atoms with van der Waals surface area (Å²) in [6.07, 6.45) is 1.25. The maximum absolute atomic E-state index is 11.6. The number of anilines is 1. The number of aliphatic carboxylic acids is 1. The molecule has 1 aliphatic carbocycles. The lowest BCUT2D eigenvalue weighted by atomic mass is 9.93. The van der Waals surface area contributed by atoms with E-state index >= 15 is 0 Å². The predicted molar refractivity (Wildman–Crippen MR) is 120 cm³/mol. The molecule has 4 rings (SSSR count). The van der Waals surface area contributed by atoms with Gasteiger partial charge in [-0.2, -0.15) is 5.10 Å². The number of para-hydroxylation sites is 1. The van der Waals surface area contributed by atoms with E-state index in [1.165, 1.54) is 29.5 Å². The Balaban J connectivity index is 1.61. The van der Waals surface area contributed by atoms with Crippen LogP contribution in [-0.4, -0.2) is 26.7 Å². The second-order valence-electron chi connectivity index (χ2n) is 6.72. The van der Waals surface area contributed by atoms with Gasteiger partial charge in [0, 0.05) is 28.5 Å². The van der Waals surface area contributed by atoms with Crippen LogP contribution in [0.4, 0.5) is 10.8 Å². The molecule has 2 N–H and O–H groups in total. The van der Waals surface area contributed by atoms with Crippen LogP contribution < -0.4 is 5.43 Å². The molecule has 0 fully saturated rings. The number of carboxylic acids is 1. The molecule has 0 saturated heterocycles. The molecule has 8 nitrogen and oxygen atoms in total. The highest BCUT2D eigenvalue weighted by Gasteiger charge is 2.24. The van der Waals surface area contributed by atoms with Crippen LogP contribution in [0.25, 0.3) is 11.3 Å². The van der Waals surface area contributed by atoms with Gasteiger partial charge in [-0.3, -0.25) is 15.5 Å². The number of hydrazone groups is 1. The first-order chi connectivity index (χ1) is 14.8. The Bertz CT molecular complexity index is 1240. The zero-order valence-corrected chi connectivity index (χ0v) is 18.1. The third kappa shape index (κ3) is 4.25. The zero-order chi connectivity index (χ0) is 22.1. The number of fused-ring (bicyclic) bond motifs is 3. The van der Waals surface area contributed by atoms with Gasteiger partial charge < -0.3 is 5.11 Å². The van der Waals surface area contributed by atoms with Crippen LogP contribution in [0.2, 0.25) is 10.0 Å². The Morgan fingerprint density at radius 2 is 2.03 bits per heavy atom. The summed E-state index contributed by atoms with van der Waals surface area (Å²) in [6.45, 7) is 0. The van der Waals surface area contributed by atoms with E-state index in [0.717, 1.165) is 34.5 Å². The molecule has 0 saturated carbocycles. The highest BCUT2D eigenvalue weighted by Crippen LogP contribution is 2.42. The summed E-state index contributed by atoms with van der Waals surface area (Å²) in [5.41, 5.74) is 5.12. The molecular weight excluding hydrogens is 463 g/mol. The maximum Gasteiger partial charge on any atom is 0.352 e. The summed E-state index contributed by atoms with van der Waals surface area (Å²) in [5, 5.41) is 26.1. The number of aryl methyl sites for hydroxylation is 1. The average molecular weight is 477 g/mol. The summed E-state index contributed by atoms with van der Waals surface area (Å²) in [7, 11) is 0. The van der Waals surface area contributed by atoms with Crippen molar-refractivity contribution in [3.05, 3.63) is 72.6 Å². The number of carboxylic acid groups (broad SMARTS) is 1. The molecule has 2 aromatic carbocycles. The lowest BCUT2D eigenvalue weighted by Gasteiger charge is -2.16.